The number of aryl methyl sites for hydroxylation is 1. The molecule has 2 aliphatic heterocycles. The van der Waals surface area contributed by atoms with E-state index >= 15 is 0 Å². The van der Waals surface area contributed by atoms with Crippen LogP contribution in [0, 0.1) is 23.2 Å². The van der Waals surface area contributed by atoms with Crippen molar-refractivity contribution in [3.05, 3.63) is 197 Å². The summed E-state index contributed by atoms with van der Waals surface area (Å²) in [6, 6.07) is 53.0. The van der Waals surface area contributed by atoms with Gasteiger partial charge >= 0.3 is 5.97 Å². The number of carbonyl (C=O) groups is 2. The number of H-pyrrole nitrogens is 2. The molecule has 1 amide bonds. The van der Waals surface area contributed by atoms with Crippen molar-refractivity contribution in [2.75, 3.05) is 13.2 Å². The van der Waals surface area contributed by atoms with Crippen molar-refractivity contribution in [2.24, 2.45) is 23.2 Å². The molecule has 4 unspecified atom stereocenters. The number of phenols is 1. The number of benzene rings is 5. The van der Waals surface area contributed by atoms with Crippen molar-refractivity contribution in [2.45, 2.75) is 70.3 Å². The summed E-state index contributed by atoms with van der Waals surface area (Å²) in [7, 11) is 0. The molecule has 2 fully saturated rings. The molecule has 0 radical (unpaired) electrons. The highest BCUT2D eigenvalue weighted by Gasteiger charge is 2.57. The highest BCUT2D eigenvalue weighted by atomic mass is 16.5. The Kier molecular flexibility index (Phi) is 13.3. The van der Waals surface area contributed by atoms with Crippen molar-refractivity contribution in [1.29, 1.82) is 0 Å². The van der Waals surface area contributed by atoms with Crippen LogP contribution in [-0.4, -0.2) is 61.3 Å². The SMILES string of the molecule is C[C@]12CC(CCOC(=O)CCCNC(=O)c3ccc(-c4c5nc(c(-c6ccccc6)c6ccc([nH]6)c(-c6ccccc6)c6nc(c(-c7ccccc7)c7ccc4[nH]7)C=C6)C=C5)cc3)C3c4ccc(O)cc4CCC3C1CC[C@@H]2O. The Labute approximate surface area is 460 Å². The molecule has 5 heterocycles. The first-order valence-corrected chi connectivity index (χ1v) is 28.0. The number of nitrogens with zero attached hydrogens (tertiary/aromatic N) is 2. The predicted octanol–water partition coefficient (Wildman–Crippen LogP) is 14.6. The van der Waals surface area contributed by atoms with Crippen LogP contribution in [-0.2, 0) is 16.0 Å². The summed E-state index contributed by atoms with van der Waals surface area (Å²) in [6.07, 6.45) is 14.2. The van der Waals surface area contributed by atoms with Gasteiger partial charge in [-0.05, 0) is 180 Å². The first-order valence-electron chi connectivity index (χ1n) is 28.0. The van der Waals surface area contributed by atoms with Gasteiger partial charge < -0.3 is 30.2 Å². The number of amides is 1. The van der Waals surface area contributed by atoms with E-state index < -0.39 is 0 Å². The topological polar surface area (TPSA) is 153 Å². The van der Waals surface area contributed by atoms with Crippen LogP contribution in [0.2, 0.25) is 0 Å². The highest BCUT2D eigenvalue weighted by Crippen LogP contribution is 2.63. The van der Waals surface area contributed by atoms with Gasteiger partial charge in [-0.1, -0.05) is 116 Å². The first-order chi connectivity index (χ1) is 38.7. The number of aromatic hydroxyl groups is 1. The fourth-order valence-corrected chi connectivity index (χ4v) is 14.1. The number of aromatic nitrogens is 4. The van der Waals surface area contributed by atoms with Crippen molar-refractivity contribution < 1.29 is 24.5 Å². The zero-order valence-electron chi connectivity index (χ0n) is 44.3. The van der Waals surface area contributed by atoms with Crippen molar-refractivity contribution >= 4 is 58.2 Å². The van der Waals surface area contributed by atoms with E-state index in [0.29, 0.717) is 48.6 Å². The summed E-state index contributed by atoms with van der Waals surface area (Å²) in [5, 5.41) is 24.5. The summed E-state index contributed by atoms with van der Waals surface area (Å²) in [5.74, 6) is 1.30. The number of esters is 1. The number of fused-ring (bicyclic) bond motifs is 13. The van der Waals surface area contributed by atoms with E-state index in [1.54, 1.807) is 6.07 Å². The van der Waals surface area contributed by atoms with Gasteiger partial charge in [-0.15, -0.1) is 0 Å². The number of aliphatic hydroxyl groups excluding tert-OH is 1. The lowest BCUT2D eigenvalue weighted by atomic mass is 9.51. The number of hydrogen-bond acceptors (Lipinski definition) is 7. The van der Waals surface area contributed by atoms with E-state index in [1.165, 1.54) is 11.1 Å². The molecule has 8 bridgehead atoms. The number of nitrogens with one attached hydrogen (secondary N) is 3. The van der Waals surface area contributed by atoms with E-state index in [1.807, 2.05) is 72.8 Å². The van der Waals surface area contributed by atoms with Gasteiger partial charge in [0.2, 0.25) is 0 Å². The standard InChI is InChI=1S/C69H63N5O5/c1-69-41-48(63-50-26-24-49(75)40-47(50)23-25-51(63)52(69)27-36-61(69)76)37-39-79-62(77)18-11-38-70-68(78)46-21-19-45(20-22-46)67-59-34-32-57(73-59)65(43-14-7-3-8-15-43)55-30-28-53(71-55)64(42-12-5-2-6-13-42)54-29-31-56(72-54)66(44-16-9-4-10-17-44)58-33-35-60(67)74-58/h2-10,12-17,19-22,24,26,28-35,40,48,51-52,61,63,71,74-76H,11,18,23,25,27,36-39,41H2,1H3,(H,70,78)/t48?,51?,52?,61-,63?,69-/m0/s1. The zero-order valence-corrected chi connectivity index (χ0v) is 44.3. The van der Waals surface area contributed by atoms with E-state index in [9.17, 15) is 19.8 Å². The lowest BCUT2D eigenvalue weighted by Gasteiger charge is -2.54. The molecule has 2 saturated carbocycles. The Morgan fingerprint density at radius 2 is 1.14 bits per heavy atom. The molecule has 394 valence electrons. The molecular formula is C69H63N5O5. The summed E-state index contributed by atoms with van der Waals surface area (Å²) in [5.41, 5.74) is 17.5. The van der Waals surface area contributed by atoms with Gasteiger partial charge in [0.05, 0.1) is 35.5 Å². The molecule has 5 aromatic carbocycles. The van der Waals surface area contributed by atoms with E-state index in [0.717, 1.165) is 128 Å². The molecule has 10 nitrogen and oxygen atoms in total. The Morgan fingerprint density at radius 1 is 0.633 bits per heavy atom. The number of hydrogen-bond donors (Lipinski definition) is 5. The smallest absolute Gasteiger partial charge is 0.305 e. The minimum Gasteiger partial charge on any atom is -0.508 e. The van der Waals surface area contributed by atoms with Crippen LogP contribution in [0.4, 0.5) is 0 Å². The largest absolute Gasteiger partial charge is 0.508 e. The summed E-state index contributed by atoms with van der Waals surface area (Å²) in [4.78, 5) is 45.3. The Morgan fingerprint density at radius 3 is 1.66 bits per heavy atom. The van der Waals surface area contributed by atoms with Crippen molar-refractivity contribution in [3.63, 3.8) is 0 Å². The fraction of sp³-hybridized carbons (Fsp3) is 0.246. The molecular weight excluding hydrogens is 979 g/mol. The van der Waals surface area contributed by atoms with Gasteiger partial charge in [0.15, 0.2) is 0 Å². The molecule has 3 aliphatic carbocycles. The average Bonchev–Trinajstić information content (AvgIpc) is 4.57. The van der Waals surface area contributed by atoms with E-state index in [4.69, 9.17) is 14.7 Å². The number of ether oxygens (including phenoxy) is 1. The third-order valence-electron chi connectivity index (χ3n) is 17.8. The van der Waals surface area contributed by atoms with Gasteiger partial charge in [-0.2, -0.15) is 0 Å². The molecule has 10 heteroatoms. The van der Waals surface area contributed by atoms with Gasteiger partial charge in [-0.25, -0.2) is 9.97 Å². The maximum absolute atomic E-state index is 13.7. The maximum atomic E-state index is 13.7. The van der Waals surface area contributed by atoms with Gasteiger partial charge in [0, 0.05) is 62.8 Å². The summed E-state index contributed by atoms with van der Waals surface area (Å²) < 4.78 is 5.87. The first kappa shape index (κ1) is 49.9. The minimum atomic E-state index is -0.315. The Balaban J connectivity index is 0.766. The molecule has 5 aliphatic rings. The number of carbonyl (C=O) groups excluding carboxylic acids is 2. The monoisotopic (exact) mass is 1040 g/mol. The van der Waals surface area contributed by atoms with Crippen LogP contribution < -0.4 is 5.32 Å². The maximum Gasteiger partial charge on any atom is 0.305 e. The second-order valence-corrected chi connectivity index (χ2v) is 22.3. The summed E-state index contributed by atoms with van der Waals surface area (Å²) in [6.45, 7) is 2.90. The molecule has 6 atom stereocenters. The third kappa shape index (κ3) is 9.48. The van der Waals surface area contributed by atoms with Gasteiger partial charge in [0.1, 0.15) is 5.75 Å². The van der Waals surface area contributed by atoms with Crippen LogP contribution in [0.5, 0.6) is 5.75 Å². The predicted molar refractivity (Wildman–Crippen MR) is 315 cm³/mol. The van der Waals surface area contributed by atoms with Crippen LogP contribution >= 0.6 is 0 Å². The summed E-state index contributed by atoms with van der Waals surface area (Å²) >= 11 is 0. The van der Waals surface area contributed by atoms with Crippen molar-refractivity contribution in [1.82, 2.24) is 25.3 Å². The second-order valence-electron chi connectivity index (χ2n) is 22.3. The molecule has 0 saturated heterocycles. The number of rotatable bonds is 12. The van der Waals surface area contributed by atoms with Crippen LogP contribution in [0.15, 0.2) is 158 Å². The average molecular weight is 1040 g/mol. The number of phenolic OH excluding ortho intramolecular Hbond substituents is 1. The van der Waals surface area contributed by atoms with E-state index in [-0.39, 0.29) is 35.7 Å². The molecule has 13 rings (SSSR count). The lowest BCUT2D eigenvalue weighted by molar-refractivity contribution is -0.144. The zero-order chi connectivity index (χ0) is 53.6. The molecule has 5 N–H and O–H groups in total. The molecule has 8 aromatic rings. The van der Waals surface area contributed by atoms with Crippen LogP contribution in [0.1, 0.15) is 102 Å². The number of aliphatic hydroxyl groups is 1. The minimum absolute atomic E-state index is 0.140. The Bertz CT molecular complexity index is 3830. The highest BCUT2D eigenvalue weighted by molar-refractivity contribution is 6.00. The van der Waals surface area contributed by atoms with Crippen molar-refractivity contribution in [3.8, 4) is 50.3 Å². The van der Waals surface area contributed by atoms with Gasteiger partial charge in [0.25, 0.3) is 5.91 Å². The van der Waals surface area contributed by atoms with E-state index in [2.05, 4.69) is 125 Å². The van der Waals surface area contributed by atoms with Crippen LogP contribution in [0.25, 0.3) is 90.9 Å². The van der Waals surface area contributed by atoms with Gasteiger partial charge in [-0.3, -0.25) is 9.59 Å². The third-order valence-corrected chi connectivity index (χ3v) is 17.8. The van der Waals surface area contributed by atoms with Crippen LogP contribution in [0.3, 0.4) is 0 Å². The second kappa shape index (κ2) is 21.0. The quantitative estimate of drug-likeness (QED) is 0.0603. The lowest BCUT2D eigenvalue weighted by Crippen LogP contribution is -2.48. The molecule has 3 aromatic heterocycles. The Hall–Kier alpha value is -8.60. The fourth-order valence-electron chi connectivity index (χ4n) is 14.1. The molecule has 79 heavy (non-hydrogen) atoms. The molecule has 0 spiro atoms. The number of aromatic amines is 2. The normalized spacial score (nSPS) is 20.8.